The Morgan fingerprint density at radius 3 is 2.71 bits per heavy atom. The van der Waals surface area contributed by atoms with Gasteiger partial charge in [0.25, 0.3) is 0 Å². The molecule has 0 N–H and O–H groups in total. The minimum absolute atomic E-state index is 0.0171. The average Bonchev–Trinajstić information content (AvgIpc) is 3.01. The summed E-state index contributed by atoms with van der Waals surface area (Å²) in [7, 11) is 0. The van der Waals surface area contributed by atoms with Gasteiger partial charge in [-0.3, -0.25) is 4.79 Å². The Balaban J connectivity index is 2.49. The van der Waals surface area contributed by atoms with E-state index in [0.29, 0.717) is 6.04 Å². The molecule has 3 nitrogen and oxygen atoms in total. The lowest BCUT2D eigenvalue weighted by Crippen LogP contribution is -2.37. The van der Waals surface area contributed by atoms with Gasteiger partial charge in [-0.05, 0) is 26.2 Å². The number of nitrogens with zero attached hydrogens (tertiary/aromatic N) is 2. The Labute approximate surface area is 85.7 Å². The van der Waals surface area contributed by atoms with Crippen molar-refractivity contribution in [2.45, 2.75) is 45.6 Å². The standard InChI is InChI=1S/C11H18N2O/c1-3-4-7-13(10-5-6-10)11(14)9(2)8-12/h9-10H,3-7H2,1-2H3. The van der Waals surface area contributed by atoms with Crippen molar-refractivity contribution in [2.75, 3.05) is 6.54 Å². The van der Waals surface area contributed by atoms with Crippen LogP contribution >= 0.6 is 0 Å². The van der Waals surface area contributed by atoms with E-state index in [4.69, 9.17) is 5.26 Å². The van der Waals surface area contributed by atoms with Crippen molar-refractivity contribution < 1.29 is 4.79 Å². The second-order valence-corrected chi connectivity index (χ2v) is 3.97. The maximum absolute atomic E-state index is 11.8. The smallest absolute Gasteiger partial charge is 0.239 e. The zero-order chi connectivity index (χ0) is 10.6. The van der Waals surface area contributed by atoms with Crippen molar-refractivity contribution in [3.63, 3.8) is 0 Å². The van der Waals surface area contributed by atoms with Crippen LogP contribution in [0, 0.1) is 17.2 Å². The van der Waals surface area contributed by atoms with Gasteiger partial charge in [-0.15, -0.1) is 0 Å². The number of nitriles is 1. The van der Waals surface area contributed by atoms with Gasteiger partial charge in [0.1, 0.15) is 5.92 Å². The molecule has 0 spiro atoms. The van der Waals surface area contributed by atoms with Gasteiger partial charge in [-0.2, -0.15) is 5.26 Å². The van der Waals surface area contributed by atoms with Crippen molar-refractivity contribution in [3.8, 4) is 6.07 Å². The van der Waals surface area contributed by atoms with E-state index in [0.717, 1.165) is 32.2 Å². The molecule has 3 heteroatoms. The maximum Gasteiger partial charge on any atom is 0.239 e. The number of unbranched alkanes of at least 4 members (excludes halogenated alkanes) is 1. The van der Waals surface area contributed by atoms with E-state index >= 15 is 0 Å². The number of carbonyl (C=O) groups is 1. The largest absolute Gasteiger partial charge is 0.339 e. The zero-order valence-electron chi connectivity index (χ0n) is 8.99. The first-order valence-electron chi connectivity index (χ1n) is 5.40. The summed E-state index contributed by atoms with van der Waals surface area (Å²) in [5, 5.41) is 8.68. The molecule has 1 unspecified atom stereocenters. The number of hydrogen-bond donors (Lipinski definition) is 0. The monoisotopic (exact) mass is 194 g/mol. The van der Waals surface area contributed by atoms with Crippen LogP contribution in [0.2, 0.25) is 0 Å². The minimum Gasteiger partial charge on any atom is -0.339 e. The highest BCUT2D eigenvalue weighted by molar-refractivity contribution is 5.81. The SMILES string of the molecule is CCCCN(C(=O)C(C)C#N)C1CC1. The lowest BCUT2D eigenvalue weighted by atomic mass is 10.1. The van der Waals surface area contributed by atoms with Crippen LogP contribution in [0.15, 0.2) is 0 Å². The predicted octanol–water partition coefficient (Wildman–Crippen LogP) is 1.94. The van der Waals surface area contributed by atoms with Crippen LogP contribution < -0.4 is 0 Å². The summed E-state index contributed by atoms with van der Waals surface area (Å²) >= 11 is 0. The number of amides is 1. The fraction of sp³-hybridized carbons (Fsp3) is 0.818. The molecule has 78 valence electrons. The second-order valence-electron chi connectivity index (χ2n) is 3.97. The molecular weight excluding hydrogens is 176 g/mol. The summed E-state index contributed by atoms with van der Waals surface area (Å²) in [6.45, 7) is 4.62. The summed E-state index contributed by atoms with van der Waals surface area (Å²) in [4.78, 5) is 13.7. The van der Waals surface area contributed by atoms with Crippen molar-refractivity contribution >= 4 is 5.91 Å². The van der Waals surface area contributed by atoms with Crippen LogP contribution in [0.25, 0.3) is 0 Å². The van der Waals surface area contributed by atoms with Gasteiger partial charge >= 0.3 is 0 Å². The van der Waals surface area contributed by atoms with E-state index in [1.54, 1.807) is 6.92 Å². The summed E-state index contributed by atoms with van der Waals surface area (Å²) in [6, 6.07) is 2.45. The minimum atomic E-state index is -0.479. The first-order chi connectivity index (χ1) is 6.70. The summed E-state index contributed by atoms with van der Waals surface area (Å²) in [6.07, 6.45) is 4.37. The Kier molecular flexibility index (Phi) is 3.94. The zero-order valence-corrected chi connectivity index (χ0v) is 8.99. The fourth-order valence-electron chi connectivity index (χ4n) is 1.49. The molecule has 1 rings (SSSR count). The van der Waals surface area contributed by atoms with Crippen molar-refractivity contribution in [2.24, 2.45) is 5.92 Å². The van der Waals surface area contributed by atoms with Gasteiger partial charge in [0.15, 0.2) is 0 Å². The van der Waals surface area contributed by atoms with E-state index in [9.17, 15) is 4.79 Å². The van der Waals surface area contributed by atoms with Gasteiger partial charge in [0.05, 0.1) is 6.07 Å². The molecule has 14 heavy (non-hydrogen) atoms. The maximum atomic E-state index is 11.8. The van der Waals surface area contributed by atoms with Crippen molar-refractivity contribution in [1.82, 2.24) is 4.90 Å². The second kappa shape index (κ2) is 4.99. The molecule has 1 atom stereocenters. The highest BCUT2D eigenvalue weighted by Gasteiger charge is 2.33. The quantitative estimate of drug-likeness (QED) is 0.671. The third-order valence-corrected chi connectivity index (χ3v) is 2.59. The Bertz CT molecular complexity index is 240. The third-order valence-electron chi connectivity index (χ3n) is 2.59. The molecule has 0 aromatic heterocycles. The molecule has 1 amide bonds. The van der Waals surface area contributed by atoms with Crippen molar-refractivity contribution in [3.05, 3.63) is 0 Å². The van der Waals surface area contributed by atoms with E-state index in [-0.39, 0.29) is 5.91 Å². The van der Waals surface area contributed by atoms with Crippen LogP contribution in [0.3, 0.4) is 0 Å². The lowest BCUT2D eigenvalue weighted by Gasteiger charge is -2.23. The predicted molar refractivity (Wildman–Crippen MR) is 54.4 cm³/mol. The van der Waals surface area contributed by atoms with E-state index < -0.39 is 5.92 Å². The van der Waals surface area contributed by atoms with E-state index in [2.05, 4.69) is 6.92 Å². The normalized spacial score (nSPS) is 17.2. The van der Waals surface area contributed by atoms with Crippen molar-refractivity contribution in [1.29, 1.82) is 5.26 Å². The van der Waals surface area contributed by atoms with Crippen LogP contribution in [0.4, 0.5) is 0 Å². The summed E-state index contributed by atoms with van der Waals surface area (Å²) in [5.74, 6) is -0.462. The topological polar surface area (TPSA) is 44.1 Å². The third kappa shape index (κ3) is 2.73. The van der Waals surface area contributed by atoms with Gasteiger partial charge in [0, 0.05) is 12.6 Å². The highest BCUT2D eigenvalue weighted by atomic mass is 16.2. The molecule has 1 saturated carbocycles. The first-order valence-corrected chi connectivity index (χ1v) is 5.40. The summed E-state index contributed by atoms with van der Waals surface area (Å²) in [5.41, 5.74) is 0. The van der Waals surface area contributed by atoms with Gasteiger partial charge in [-0.1, -0.05) is 13.3 Å². The molecule has 0 aromatic rings. The molecule has 0 aliphatic heterocycles. The van der Waals surface area contributed by atoms with Gasteiger partial charge in [-0.25, -0.2) is 0 Å². The van der Waals surface area contributed by atoms with Gasteiger partial charge in [0.2, 0.25) is 5.91 Å². The van der Waals surface area contributed by atoms with Crippen LogP contribution in [-0.2, 0) is 4.79 Å². The molecule has 1 aliphatic rings. The molecule has 1 fully saturated rings. The van der Waals surface area contributed by atoms with Crippen LogP contribution in [-0.4, -0.2) is 23.4 Å². The Morgan fingerprint density at radius 1 is 1.64 bits per heavy atom. The fourth-order valence-corrected chi connectivity index (χ4v) is 1.49. The molecule has 0 aromatic carbocycles. The van der Waals surface area contributed by atoms with Crippen LogP contribution in [0.5, 0.6) is 0 Å². The number of carbonyl (C=O) groups excluding carboxylic acids is 1. The van der Waals surface area contributed by atoms with E-state index in [1.807, 2.05) is 11.0 Å². The number of rotatable bonds is 5. The molecule has 0 saturated heterocycles. The molecule has 0 radical (unpaired) electrons. The molecule has 0 heterocycles. The number of hydrogen-bond acceptors (Lipinski definition) is 2. The molecule has 1 aliphatic carbocycles. The molecule has 0 bridgehead atoms. The first kappa shape index (κ1) is 11.0. The van der Waals surface area contributed by atoms with Crippen LogP contribution in [0.1, 0.15) is 39.5 Å². The van der Waals surface area contributed by atoms with E-state index in [1.165, 1.54) is 0 Å². The average molecular weight is 194 g/mol. The Morgan fingerprint density at radius 2 is 2.29 bits per heavy atom. The lowest BCUT2D eigenvalue weighted by molar-refractivity contribution is -0.133. The Hall–Kier alpha value is -1.04. The van der Waals surface area contributed by atoms with Gasteiger partial charge < -0.3 is 4.90 Å². The summed E-state index contributed by atoms with van der Waals surface area (Å²) < 4.78 is 0. The highest BCUT2D eigenvalue weighted by Crippen LogP contribution is 2.28. The molecular formula is C11H18N2O.